The van der Waals surface area contributed by atoms with Gasteiger partial charge in [0.2, 0.25) is 5.95 Å². The van der Waals surface area contributed by atoms with Gasteiger partial charge >= 0.3 is 0 Å². The molecule has 0 aliphatic heterocycles. The highest BCUT2D eigenvalue weighted by Gasteiger charge is 2.15. The van der Waals surface area contributed by atoms with Gasteiger partial charge in [0.15, 0.2) is 0 Å². The van der Waals surface area contributed by atoms with Crippen molar-refractivity contribution in [1.29, 1.82) is 0 Å². The highest BCUT2D eigenvalue weighted by Crippen LogP contribution is 2.23. The molecular weight excluding hydrogens is 316 g/mol. The zero-order chi connectivity index (χ0) is 18.2. The van der Waals surface area contributed by atoms with Crippen LogP contribution in [0.3, 0.4) is 0 Å². The van der Waals surface area contributed by atoms with E-state index in [-0.39, 0.29) is 25.2 Å². The van der Waals surface area contributed by atoms with Crippen LogP contribution in [0.4, 0.5) is 11.8 Å². The van der Waals surface area contributed by atoms with Crippen molar-refractivity contribution in [3.63, 3.8) is 0 Å². The molecule has 0 saturated carbocycles. The lowest BCUT2D eigenvalue weighted by molar-refractivity contribution is 0.276. The summed E-state index contributed by atoms with van der Waals surface area (Å²) < 4.78 is 0. The minimum atomic E-state index is 0.0386. The van der Waals surface area contributed by atoms with E-state index in [1.807, 2.05) is 31.2 Å². The molecule has 1 atom stereocenters. The Hall–Kier alpha value is -2.18. The maximum absolute atomic E-state index is 9.29. The quantitative estimate of drug-likeness (QED) is 0.557. The van der Waals surface area contributed by atoms with Crippen LogP contribution in [0.15, 0.2) is 24.3 Å². The average molecular weight is 344 g/mol. The number of benzene rings is 1. The van der Waals surface area contributed by atoms with Crippen molar-refractivity contribution < 1.29 is 10.2 Å². The molecule has 0 aliphatic carbocycles. The fraction of sp³-hybridized carbons (Fsp3) is 0.474. The maximum atomic E-state index is 9.29. The topological polar surface area (TPSA) is 104 Å². The Bertz CT molecular complexity index is 668. The predicted octanol–water partition coefficient (Wildman–Crippen LogP) is 2.41. The summed E-state index contributed by atoms with van der Waals surface area (Å²) in [5, 5.41) is 21.9. The van der Waals surface area contributed by atoms with Crippen molar-refractivity contribution in [2.75, 3.05) is 17.7 Å². The predicted molar refractivity (Wildman–Crippen MR) is 100 cm³/mol. The van der Waals surface area contributed by atoms with Crippen molar-refractivity contribution in [3.05, 3.63) is 46.6 Å². The molecule has 0 bridgehead atoms. The highest BCUT2D eigenvalue weighted by molar-refractivity contribution is 5.52. The number of hydrogen-bond acceptors (Lipinski definition) is 6. The normalized spacial score (nSPS) is 12.2. The van der Waals surface area contributed by atoms with Crippen molar-refractivity contribution in [2.45, 2.75) is 52.2 Å². The SMILES string of the molecule is CCCC(CCO)Nc1nc(N)nc(C)c1Cc1ccc(CO)cc1. The number of anilines is 2. The minimum absolute atomic E-state index is 0.0386. The Morgan fingerprint density at radius 1 is 1.08 bits per heavy atom. The lowest BCUT2D eigenvalue weighted by atomic mass is 10.0. The first kappa shape index (κ1) is 19.1. The highest BCUT2D eigenvalue weighted by atomic mass is 16.3. The van der Waals surface area contributed by atoms with Gasteiger partial charge in [-0.15, -0.1) is 0 Å². The molecule has 6 nitrogen and oxygen atoms in total. The minimum Gasteiger partial charge on any atom is -0.396 e. The molecule has 2 rings (SSSR count). The van der Waals surface area contributed by atoms with E-state index in [0.717, 1.165) is 41.0 Å². The van der Waals surface area contributed by atoms with Crippen molar-refractivity contribution in [3.8, 4) is 0 Å². The molecule has 1 heterocycles. The molecule has 25 heavy (non-hydrogen) atoms. The van der Waals surface area contributed by atoms with Gasteiger partial charge in [-0.2, -0.15) is 4.98 Å². The molecule has 0 radical (unpaired) electrons. The van der Waals surface area contributed by atoms with Crippen LogP contribution in [0.1, 0.15) is 48.6 Å². The van der Waals surface area contributed by atoms with Gasteiger partial charge in [-0.05, 0) is 30.9 Å². The van der Waals surface area contributed by atoms with Crippen LogP contribution in [-0.2, 0) is 13.0 Å². The standard InChI is InChI=1S/C19H28N4O2/c1-3-4-16(9-10-24)22-18-17(13(2)21-19(20)23-18)11-14-5-7-15(12-25)8-6-14/h5-8,16,24-25H,3-4,9-12H2,1-2H3,(H3,20,21,22,23). The van der Waals surface area contributed by atoms with Crippen LogP contribution in [0.5, 0.6) is 0 Å². The van der Waals surface area contributed by atoms with Gasteiger partial charge in [0.1, 0.15) is 5.82 Å². The van der Waals surface area contributed by atoms with Gasteiger partial charge in [0.05, 0.1) is 6.61 Å². The van der Waals surface area contributed by atoms with E-state index in [1.165, 1.54) is 0 Å². The Morgan fingerprint density at radius 2 is 1.76 bits per heavy atom. The van der Waals surface area contributed by atoms with E-state index >= 15 is 0 Å². The third-order valence-electron chi connectivity index (χ3n) is 4.27. The number of nitrogens with two attached hydrogens (primary N) is 1. The fourth-order valence-corrected chi connectivity index (χ4v) is 2.90. The van der Waals surface area contributed by atoms with Crippen molar-refractivity contribution in [1.82, 2.24) is 9.97 Å². The van der Waals surface area contributed by atoms with Crippen LogP contribution in [0, 0.1) is 6.92 Å². The molecule has 6 heteroatoms. The largest absolute Gasteiger partial charge is 0.396 e. The van der Waals surface area contributed by atoms with Gasteiger partial charge in [-0.3, -0.25) is 0 Å². The summed E-state index contributed by atoms with van der Waals surface area (Å²) in [7, 11) is 0. The first-order chi connectivity index (χ1) is 12.1. The number of hydrogen-bond donors (Lipinski definition) is 4. The molecule has 136 valence electrons. The third-order valence-corrected chi connectivity index (χ3v) is 4.27. The van der Waals surface area contributed by atoms with E-state index < -0.39 is 0 Å². The molecule has 0 fully saturated rings. The molecule has 1 aromatic carbocycles. The first-order valence-corrected chi connectivity index (χ1v) is 8.76. The second kappa shape index (κ2) is 9.34. The number of nitrogen functional groups attached to an aromatic ring is 1. The molecule has 0 spiro atoms. The Morgan fingerprint density at radius 3 is 2.36 bits per heavy atom. The summed E-state index contributed by atoms with van der Waals surface area (Å²) >= 11 is 0. The molecular formula is C19H28N4O2. The number of aryl methyl sites for hydroxylation is 1. The molecule has 0 aliphatic rings. The van der Waals surface area contributed by atoms with Crippen LogP contribution >= 0.6 is 0 Å². The van der Waals surface area contributed by atoms with E-state index in [4.69, 9.17) is 5.73 Å². The van der Waals surface area contributed by atoms with Crippen LogP contribution in [0.25, 0.3) is 0 Å². The Labute approximate surface area is 149 Å². The number of rotatable bonds is 9. The van der Waals surface area contributed by atoms with Crippen LogP contribution in [-0.4, -0.2) is 32.8 Å². The molecule has 0 saturated heterocycles. The lowest BCUT2D eigenvalue weighted by Crippen LogP contribution is -2.23. The maximum Gasteiger partial charge on any atom is 0.222 e. The number of aliphatic hydroxyl groups is 2. The Balaban J connectivity index is 2.28. The molecule has 0 amide bonds. The zero-order valence-electron chi connectivity index (χ0n) is 15.0. The summed E-state index contributed by atoms with van der Waals surface area (Å²) in [6.07, 6.45) is 3.32. The second-order valence-corrected chi connectivity index (χ2v) is 6.29. The van der Waals surface area contributed by atoms with Gasteiger partial charge in [-0.25, -0.2) is 4.98 Å². The smallest absolute Gasteiger partial charge is 0.222 e. The van der Waals surface area contributed by atoms with Crippen molar-refractivity contribution in [2.24, 2.45) is 0 Å². The van der Waals surface area contributed by atoms with E-state index in [9.17, 15) is 10.2 Å². The second-order valence-electron chi connectivity index (χ2n) is 6.29. The van der Waals surface area contributed by atoms with Crippen LogP contribution < -0.4 is 11.1 Å². The van der Waals surface area contributed by atoms with E-state index in [0.29, 0.717) is 12.8 Å². The van der Waals surface area contributed by atoms with Gasteiger partial charge < -0.3 is 21.3 Å². The van der Waals surface area contributed by atoms with Gasteiger partial charge in [0.25, 0.3) is 0 Å². The molecule has 1 aromatic heterocycles. The molecule has 2 aromatic rings. The van der Waals surface area contributed by atoms with Crippen molar-refractivity contribution >= 4 is 11.8 Å². The molecule has 5 N–H and O–H groups in total. The van der Waals surface area contributed by atoms with E-state index in [2.05, 4.69) is 22.2 Å². The average Bonchev–Trinajstić information content (AvgIpc) is 2.59. The summed E-state index contributed by atoms with van der Waals surface area (Å²) in [5.74, 6) is 0.988. The summed E-state index contributed by atoms with van der Waals surface area (Å²) in [6.45, 7) is 4.23. The number of nitrogens with one attached hydrogen (secondary N) is 1. The number of nitrogens with zero attached hydrogens (tertiary/aromatic N) is 2. The van der Waals surface area contributed by atoms with Gasteiger partial charge in [0, 0.05) is 30.3 Å². The lowest BCUT2D eigenvalue weighted by Gasteiger charge is -2.21. The monoisotopic (exact) mass is 344 g/mol. The first-order valence-electron chi connectivity index (χ1n) is 8.76. The summed E-state index contributed by atoms with van der Waals surface area (Å²) in [4.78, 5) is 8.70. The zero-order valence-corrected chi connectivity index (χ0v) is 15.0. The molecule has 1 unspecified atom stereocenters. The Kier molecular flexibility index (Phi) is 7.16. The summed E-state index contributed by atoms with van der Waals surface area (Å²) in [6, 6.07) is 7.99. The van der Waals surface area contributed by atoms with Gasteiger partial charge in [-0.1, -0.05) is 37.6 Å². The fourth-order valence-electron chi connectivity index (χ4n) is 2.90. The van der Waals surface area contributed by atoms with Crippen LogP contribution in [0.2, 0.25) is 0 Å². The third kappa shape index (κ3) is 5.41. The van der Waals surface area contributed by atoms with E-state index in [1.54, 1.807) is 0 Å². The number of aromatic nitrogens is 2. The number of aliphatic hydroxyl groups excluding tert-OH is 2. The summed E-state index contributed by atoms with van der Waals surface area (Å²) in [5.41, 5.74) is 9.70.